The number of carbonyl (C=O) groups excluding carboxylic acids is 2. The third-order valence-electron chi connectivity index (χ3n) is 2.56. The number of rotatable bonds is 6. The molecule has 20 heavy (non-hydrogen) atoms. The largest absolute Gasteiger partial charge is 0.351 e. The van der Waals surface area contributed by atoms with Gasteiger partial charge in [-0.3, -0.25) is 9.59 Å². The van der Waals surface area contributed by atoms with Gasteiger partial charge in [-0.1, -0.05) is 0 Å². The SMILES string of the molecule is CC(=O)Nc1ccc(C(=O)NCCCc2ncc[nH]2)s1. The lowest BCUT2D eigenvalue weighted by Gasteiger charge is -2.02. The summed E-state index contributed by atoms with van der Waals surface area (Å²) in [5.41, 5.74) is 0. The van der Waals surface area contributed by atoms with Crippen molar-refractivity contribution in [3.63, 3.8) is 0 Å². The number of aryl methyl sites for hydroxylation is 1. The fourth-order valence-electron chi connectivity index (χ4n) is 1.68. The Balaban J connectivity index is 1.74. The highest BCUT2D eigenvalue weighted by atomic mass is 32.1. The lowest BCUT2D eigenvalue weighted by molar-refractivity contribution is -0.114. The lowest BCUT2D eigenvalue weighted by Crippen LogP contribution is -2.23. The molecule has 0 spiro atoms. The maximum absolute atomic E-state index is 11.9. The van der Waals surface area contributed by atoms with E-state index in [4.69, 9.17) is 0 Å². The zero-order valence-corrected chi connectivity index (χ0v) is 11.9. The van der Waals surface area contributed by atoms with Gasteiger partial charge in [-0.05, 0) is 18.6 Å². The third-order valence-corrected chi connectivity index (χ3v) is 3.56. The van der Waals surface area contributed by atoms with Crippen LogP contribution in [0.1, 0.15) is 28.8 Å². The van der Waals surface area contributed by atoms with Gasteiger partial charge in [0.15, 0.2) is 0 Å². The molecule has 2 heterocycles. The van der Waals surface area contributed by atoms with Crippen molar-refractivity contribution >= 4 is 28.2 Å². The number of amides is 2. The summed E-state index contributed by atoms with van der Waals surface area (Å²) in [6, 6.07) is 3.43. The molecule has 2 aromatic heterocycles. The Morgan fingerprint density at radius 3 is 2.95 bits per heavy atom. The predicted molar refractivity (Wildman–Crippen MR) is 77.9 cm³/mol. The van der Waals surface area contributed by atoms with Gasteiger partial charge in [0.25, 0.3) is 5.91 Å². The highest BCUT2D eigenvalue weighted by Crippen LogP contribution is 2.21. The van der Waals surface area contributed by atoms with Gasteiger partial charge in [0.2, 0.25) is 5.91 Å². The summed E-state index contributed by atoms with van der Waals surface area (Å²) in [7, 11) is 0. The number of nitrogens with one attached hydrogen (secondary N) is 3. The molecule has 0 atom stereocenters. The molecule has 0 aliphatic heterocycles. The Morgan fingerprint density at radius 1 is 1.40 bits per heavy atom. The summed E-state index contributed by atoms with van der Waals surface area (Å²) in [4.78, 5) is 30.5. The van der Waals surface area contributed by atoms with Crippen molar-refractivity contribution in [2.24, 2.45) is 0 Å². The highest BCUT2D eigenvalue weighted by molar-refractivity contribution is 7.18. The molecular formula is C13H16N4O2S. The molecule has 6 nitrogen and oxygen atoms in total. The van der Waals surface area contributed by atoms with Crippen LogP contribution in [-0.2, 0) is 11.2 Å². The Morgan fingerprint density at radius 2 is 2.25 bits per heavy atom. The normalized spacial score (nSPS) is 10.2. The summed E-state index contributed by atoms with van der Waals surface area (Å²) in [6.07, 6.45) is 5.12. The second kappa shape index (κ2) is 6.85. The minimum atomic E-state index is -0.141. The summed E-state index contributed by atoms with van der Waals surface area (Å²) in [6.45, 7) is 2.03. The Hall–Kier alpha value is -2.15. The van der Waals surface area contributed by atoms with Gasteiger partial charge in [-0.25, -0.2) is 4.98 Å². The van der Waals surface area contributed by atoms with Gasteiger partial charge in [0.05, 0.1) is 9.88 Å². The molecule has 0 unspecified atom stereocenters. The Bertz CT molecular complexity index is 577. The van der Waals surface area contributed by atoms with Crippen LogP contribution < -0.4 is 10.6 Å². The van der Waals surface area contributed by atoms with E-state index in [9.17, 15) is 9.59 Å². The first kappa shape index (κ1) is 14.3. The van der Waals surface area contributed by atoms with E-state index >= 15 is 0 Å². The maximum Gasteiger partial charge on any atom is 0.261 e. The third kappa shape index (κ3) is 4.20. The molecule has 2 amide bonds. The smallest absolute Gasteiger partial charge is 0.261 e. The van der Waals surface area contributed by atoms with Crippen LogP contribution in [0.3, 0.4) is 0 Å². The van der Waals surface area contributed by atoms with Gasteiger partial charge in [0.1, 0.15) is 5.82 Å². The van der Waals surface area contributed by atoms with E-state index in [2.05, 4.69) is 20.6 Å². The van der Waals surface area contributed by atoms with Gasteiger partial charge in [-0.2, -0.15) is 0 Å². The molecule has 0 saturated heterocycles. The number of nitrogens with zero attached hydrogens (tertiary/aromatic N) is 1. The van der Waals surface area contributed by atoms with Crippen molar-refractivity contribution in [1.82, 2.24) is 15.3 Å². The van der Waals surface area contributed by atoms with Crippen molar-refractivity contribution < 1.29 is 9.59 Å². The molecule has 2 rings (SSSR count). The van der Waals surface area contributed by atoms with Crippen molar-refractivity contribution in [1.29, 1.82) is 0 Å². The van der Waals surface area contributed by atoms with Crippen LogP contribution in [-0.4, -0.2) is 28.3 Å². The zero-order chi connectivity index (χ0) is 14.4. The van der Waals surface area contributed by atoms with Gasteiger partial charge in [-0.15, -0.1) is 11.3 Å². The number of imidazole rings is 1. The van der Waals surface area contributed by atoms with Crippen LogP contribution in [0.25, 0.3) is 0 Å². The summed E-state index contributed by atoms with van der Waals surface area (Å²) in [5, 5.41) is 6.18. The molecule has 0 aromatic carbocycles. The zero-order valence-electron chi connectivity index (χ0n) is 11.1. The Labute approximate surface area is 120 Å². The van der Waals surface area contributed by atoms with Crippen LogP contribution in [0.2, 0.25) is 0 Å². The van der Waals surface area contributed by atoms with Crippen molar-refractivity contribution in [2.75, 3.05) is 11.9 Å². The van der Waals surface area contributed by atoms with E-state index in [-0.39, 0.29) is 11.8 Å². The number of carbonyl (C=O) groups is 2. The molecule has 0 aliphatic carbocycles. The van der Waals surface area contributed by atoms with Crippen LogP contribution in [0.4, 0.5) is 5.00 Å². The molecule has 0 fully saturated rings. The van der Waals surface area contributed by atoms with Crippen LogP contribution in [0.5, 0.6) is 0 Å². The fraction of sp³-hybridized carbons (Fsp3) is 0.308. The minimum Gasteiger partial charge on any atom is -0.351 e. The molecule has 2 aromatic rings. The highest BCUT2D eigenvalue weighted by Gasteiger charge is 2.09. The number of thiophene rings is 1. The van der Waals surface area contributed by atoms with Crippen molar-refractivity contribution in [2.45, 2.75) is 19.8 Å². The van der Waals surface area contributed by atoms with E-state index in [1.54, 1.807) is 24.5 Å². The first-order valence-corrected chi connectivity index (χ1v) is 7.10. The number of anilines is 1. The number of aromatic nitrogens is 2. The number of aromatic amines is 1. The van der Waals surface area contributed by atoms with Crippen LogP contribution in [0, 0.1) is 0 Å². The van der Waals surface area contributed by atoms with Crippen molar-refractivity contribution in [3.05, 3.63) is 35.2 Å². The number of H-pyrrole nitrogens is 1. The van der Waals surface area contributed by atoms with E-state index in [0.717, 1.165) is 18.7 Å². The number of hydrogen-bond acceptors (Lipinski definition) is 4. The topological polar surface area (TPSA) is 86.9 Å². The van der Waals surface area contributed by atoms with Gasteiger partial charge >= 0.3 is 0 Å². The number of hydrogen-bond donors (Lipinski definition) is 3. The van der Waals surface area contributed by atoms with Gasteiger partial charge < -0.3 is 15.6 Å². The molecular weight excluding hydrogens is 276 g/mol. The second-order valence-electron chi connectivity index (χ2n) is 4.24. The monoisotopic (exact) mass is 292 g/mol. The van der Waals surface area contributed by atoms with Crippen LogP contribution in [0.15, 0.2) is 24.5 Å². The maximum atomic E-state index is 11.9. The Kier molecular flexibility index (Phi) is 4.89. The standard InChI is InChI=1S/C13H16N4O2S/c1-9(18)17-12-5-4-10(20-12)13(19)16-6-2-3-11-14-7-8-15-11/h4-5,7-8H,2-3,6H2,1H3,(H,14,15)(H,16,19)(H,17,18). The fourth-order valence-corrected chi connectivity index (χ4v) is 2.55. The quantitative estimate of drug-likeness (QED) is 0.709. The van der Waals surface area contributed by atoms with E-state index in [1.807, 2.05) is 0 Å². The summed E-state index contributed by atoms with van der Waals surface area (Å²) in [5.74, 6) is 0.659. The molecule has 7 heteroatoms. The molecule has 3 N–H and O–H groups in total. The van der Waals surface area contributed by atoms with Gasteiger partial charge in [0, 0.05) is 32.3 Å². The van der Waals surface area contributed by atoms with E-state index < -0.39 is 0 Å². The minimum absolute atomic E-state index is 0.119. The first-order chi connectivity index (χ1) is 9.65. The average Bonchev–Trinajstić information content (AvgIpc) is 3.04. The second-order valence-corrected chi connectivity index (χ2v) is 5.32. The summed E-state index contributed by atoms with van der Waals surface area (Å²) < 4.78 is 0. The van der Waals surface area contributed by atoms with E-state index in [1.165, 1.54) is 18.3 Å². The van der Waals surface area contributed by atoms with E-state index in [0.29, 0.717) is 16.4 Å². The molecule has 106 valence electrons. The molecule has 0 aliphatic rings. The van der Waals surface area contributed by atoms with Crippen molar-refractivity contribution in [3.8, 4) is 0 Å². The summed E-state index contributed by atoms with van der Waals surface area (Å²) >= 11 is 1.26. The average molecular weight is 292 g/mol. The molecule has 0 bridgehead atoms. The van der Waals surface area contributed by atoms with Crippen LogP contribution >= 0.6 is 11.3 Å². The molecule has 0 radical (unpaired) electrons. The predicted octanol–water partition coefficient (Wildman–Crippen LogP) is 1.79. The first-order valence-electron chi connectivity index (χ1n) is 6.29. The molecule has 0 saturated carbocycles. The lowest BCUT2D eigenvalue weighted by atomic mass is 10.3.